The predicted molar refractivity (Wildman–Crippen MR) is 67.6 cm³/mol. The van der Waals surface area contributed by atoms with Crippen LogP contribution in [-0.4, -0.2) is 10.2 Å². The molecule has 0 spiro atoms. The normalized spacial score (nSPS) is 11.5. The van der Waals surface area contributed by atoms with Crippen LogP contribution in [0.3, 0.4) is 0 Å². The predicted octanol–water partition coefficient (Wildman–Crippen LogP) is 2.49. The van der Waals surface area contributed by atoms with Crippen molar-refractivity contribution in [3.63, 3.8) is 0 Å². The molecule has 0 aliphatic carbocycles. The molecule has 0 unspecified atom stereocenters. The smallest absolute Gasteiger partial charge is 0.217 e. The summed E-state index contributed by atoms with van der Waals surface area (Å²) in [5.74, 6) is -1.93. The zero-order valence-electron chi connectivity index (χ0n) is 10.0. The highest BCUT2D eigenvalue weighted by molar-refractivity contribution is 5.41. The first-order valence-corrected chi connectivity index (χ1v) is 5.60. The van der Waals surface area contributed by atoms with Crippen molar-refractivity contribution in [3.8, 4) is 0 Å². The minimum Gasteiger partial charge on any atom is -0.358 e. The average molecular weight is 228 g/mol. The van der Waals surface area contributed by atoms with Gasteiger partial charge in [0.15, 0.2) is 0 Å². The molecule has 0 aliphatic rings. The molecule has 0 atom stereocenters. The van der Waals surface area contributed by atoms with E-state index in [4.69, 9.17) is 0 Å². The summed E-state index contributed by atoms with van der Waals surface area (Å²) in [5.41, 5.74) is 2.77. The fourth-order valence-corrected chi connectivity index (χ4v) is 2.07. The van der Waals surface area contributed by atoms with Crippen LogP contribution in [-0.2, 0) is 5.79 Å². The van der Waals surface area contributed by atoms with Gasteiger partial charge in [0.25, 0.3) is 0 Å². The second kappa shape index (κ2) is 4.32. The third kappa shape index (κ3) is 2.09. The first kappa shape index (κ1) is 11.8. The molecule has 0 fully saturated rings. The lowest BCUT2D eigenvalue weighted by molar-refractivity contribution is -0.132. The molecule has 0 aromatic heterocycles. The Hall–Kier alpha value is -1.64. The third-order valence-corrected chi connectivity index (χ3v) is 3.04. The largest absolute Gasteiger partial charge is 0.358 e. The summed E-state index contributed by atoms with van der Waals surface area (Å²) in [6.07, 6.45) is 0. The Balaban J connectivity index is 2.58. The molecular formula is C15H16O2. The van der Waals surface area contributed by atoms with E-state index in [9.17, 15) is 10.2 Å². The number of rotatable bonds is 2. The minimum absolute atomic E-state index is 0.522. The number of aliphatic hydroxyl groups is 2. The first-order chi connectivity index (χ1) is 8.03. The summed E-state index contributed by atoms with van der Waals surface area (Å²) in [6, 6.07) is 14.6. The van der Waals surface area contributed by atoms with Crippen molar-refractivity contribution in [1.82, 2.24) is 0 Å². The molecular weight excluding hydrogens is 212 g/mol. The van der Waals surface area contributed by atoms with Gasteiger partial charge in [0, 0.05) is 11.1 Å². The molecule has 2 aromatic carbocycles. The van der Waals surface area contributed by atoms with E-state index in [1.165, 1.54) is 0 Å². The van der Waals surface area contributed by atoms with E-state index in [0.717, 1.165) is 11.1 Å². The molecule has 0 saturated carbocycles. The van der Waals surface area contributed by atoms with Gasteiger partial charge < -0.3 is 10.2 Å². The van der Waals surface area contributed by atoms with Crippen LogP contribution in [0.4, 0.5) is 0 Å². The van der Waals surface area contributed by atoms with Gasteiger partial charge in [-0.2, -0.15) is 0 Å². The quantitative estimate of drug-likeness (QED) is 0.775. The van der Waals surface area contributed by atoms with Crippen molar-refractivity contribution in [2.45, 2.75) is 19.6 Å². The van der Waals surface area contributed by atoms with Gasteiger partial charge in [0.2, 0.25) is 5.79 Å². The second-order valence-corrected chi connectivity index (χ2v) is 4.30. The highest BCUT2D eigenvalue weighted by atomic mass is 16.5. The van der Waals surface area contributed by atoms with Crippen molar-refractivity contribution in [1.29, 1.82) is 0 Å². The van der Waals surface area contributed by atoms with Gasteiger partial charge in [0.1, 0.15) is 0 Å². The zero-order chi connectivity index (χ0) is 12.5. The maximum absolute atomic E-state index is 10.4. The lowest BCUT2D eigenvalue weighted by Gasteiger charge is -2.26. The van der Waals surface area contributed by atoms with Crippen LogP contribution in [0.2, 0.25) is 0 Å². The van der Waals surface area contributed by atoms with Gasteiger partial charge in [-0.3, -0.25) is 0 Å². The van der Waals surface area contributed by atoms with Crippen molar-refractivity contribution >= 4 is 0 Å². The zero-order valence-corrected chi connectivity index (χ0v) is 10.0. The van der Waals surface area contributed by atoms with Gasteiger partial charge in [0.05, 0.1) is 0 Å². The van der Waals surface area contributed by atoms with Gasteiger partial charge in [-0.05, 0) is 25.0 Å². The summed E-state index contributed by atoms with van der Waals surface area (Å²) in [5, 5.41) is 20.7. The van der Waals surface area contributed by atoms with Crippen molar-refractivity contribution in [3.05, 3.63) is 70.8 Å². The lowest BCUT2D eigenvalue weighted by Crippen LogP contribution is -2.28. The van der Waals surface area contributed by atoms with Crippen molar-refractivity contribution in [2.24, 2.45) is 0 Å². The fourth-order valence-electron chi connectivity index (χ4n) is 2.07. The van der Waals surface area contributed by atoms with Crippen LogP contribution in [0, 0.1) is 13.8 Å². The molecule has 0 radical (unpaired) electrons. The Morgan fingerprint density at radius 2 is 1.06 bits per heavy atom. The molecule has 0 bridgehead atoms. The van der Waals surface area contributed by atoms with Gasteiger partial charge >= 0.3 is 0 Å². The summed E-state index contributed by atoms with van der Waals surface area (Å²) >= 11 is 0. The maximum Gasteiger partial charge on any atom is 0.217 e. The monoisotopic (exact) mass is 228 g/mol. The van der Waals surface area contributed by atoms with Crippen LogP contribution < -0.4 is 0 Å². The Morgan fingerprint density at radius 3 is 1.41 bits per heavy atom. The van der Waals surface area contributed by atoms with Gasteiger partial charge in [-0.15, -0.1) is 0 Å². The van der Waals surface area contributed by atoms with Crippen LogP contribution in [0.1, 0.15) is 22.3 Å². The minimum atomic E-state index is -1.93. The maximum atomic E-state index is 10.4. The summed E-state index contributed by atoms with van der Waals surface area (Å²) in [4.78, 5) is 0. The SMILES string of the molecule is Cc1ccccc1C(O)(O)c1ccccc1C. The summed E-state index contributed by atoms with van der Waals surface area (Å²) < 4.78 is 0. The van der Waals surface area contributed by atoms with Crippen molar-refractivity contribution in [2.75, 3.05) is 0 Å². The molecule has 2 heteroatoms. The number of aryl methyl sites for hydroxylation is 2. The van der Waals surface area contributed by atoms with Crippen LogP contribution in [0.25, 0.3) is 0 Å². The van der Waals surface area contributed by atoms with E-state index < -0.39 is 5.79 Å². The molecule has 0 amide bonds. The first-order valence-electron chi connectivity index (χ1n) is 5.60. The van der Waals surface area contributed by atoms with Gasteiger partial charge in [-0.1, -0.05) is 48.5 Å². The molecule has 0 saturated heterocycles. The molecule has 2 rings (SSSR count). The highest BCUT2D eigenvalue weighted by Gasteiger charge is 2.30. The highest BCUT2D eigenvalue weighted by Crippen LogP contribution is 2.30. The topological polar surface area (TPSA) is 40.5 Å². The van der Waals surface area contributed by atoms with Crippen LogP contribution in [0.15, 0.2) is 48.5 Å². The van der Waals surface area contributed by atoms with Crippen LogP contribution in [0.5, 0.6) is 0 Å². The van der Waals surface area contributed by atoms with E-state index in [-0.39, 0.29) is 0 Å². The van der Waals surface area contributed by atoms with Crippen molar-refractivity contribution < 1.29 is 10.2 Å². The molecule has 0 aliphatic heterocycles. The Bertz CT molecular complexity index is 482. The van der Waals surface area contributed by atoms with E-state index in [1.54, 1.807) is 12.1 Å². The molecule has 0 heterocycles. The molecule has 2 aromatic rings. The number of hydrogen-bond acceptors (Lipinski definition) is 2. The summed E-state index contributed by atoms with van der Waals surface area (Å²) in [6.45, 7) is 3.74. The average Bonchev–Trinajstić information content (AvgIpc) is 2.29. The molecule has 2 N–H and O–H groups in total. The Kier molecular flexibility index (Phi) is 3.01. The van der Waals surface area contributed by atoms with E-state index in [1.807, 2.05) is 50.2 Å². The number of hydrogen-bond donors (Lipinski definition) is 2. The fraction of sp³-hybridized carbons (Fsp3) is 0.200. The third-order valence-electron chi connectivity index (χ3n) is 3.04. The second-order valence-electron chi connectivity index (χ2n) is 4.30. The number of benzene rings is 2. The van der Waals surface area contributed by atoms with E-state index >= 15 is 0 Å². The Morgan fingerprint density at radius 1 is 0.706 bits per heavy atom. The van der Waals surface area contributed by atoms with E-state index in [2.05, 4.69) is 0 Å². The van der Waals surface area contributed by atoms with Gasteiger partial charge in [-0.25, -0.2) is 0 Å². The standard InChI is InChI=1S/C15H16O2/c1-11-7-3-5-9-13(11)15(16,17)14-10-6-4-8-12(14)2/h3-10,16-17H,1-2H3. The molecule has 88 valence electrons. The van der Waals surface area contributed by atoms with E-state index in [0.29, 0.717) is 11.1 Å². The van der Waals surface area contributed by atoms with Crippen LogP contribution >= 0.6 is 0 Å². The molecule has 2 nitrogen and oxygen atoms in total. The lowest BCUT2D eigenvalue weighted by atomic mass is 9.91. The molecule has 17 heavy (non-hydrogen) atoms. The Labute approximate surface area is 101 Å². The summed E-state index contributed by atoms with van der Waals surface area (Å²) in [7, 11) is 0.